The minimum atomic E-state index is 0.493. The molecule has 2 aliphatic rings. The van der Waals surface area contributed by atoms with Gasteiger partial charge in [-0.2, -0.15) is 0 Å². The van der Waals surface area contributed by atoms with Gasteiger partial charge in [0.15, 0.2) is 0 Å². The summed E-state index contributed by atoms with van der Waals surface area (Å²) in [6.45, 7) is 13.3. The lowest BCUT2D eigenvalue weighted by Crippen LogP contribution is -2.43. The van der Waals surface area contributed by atoms with Crippen LogP contribution in [0, 0.1) is 23.2 Å². The highest BCUT2D eigenvalue weighted by atomic mass is 15.0. The van der Waals surface area contributed by atoms with Crippen LogP contribution in [0.25, 0.3) is 0 Å². The van der Waals surface area contributed by atoms with Gasteiger partial charge < -0.3 is 5.32 Å². The zero-order valence-corrected chi connectivity index (χ0v) is 14.6. The average molecular weight is 280 g/mol. The maximum Gasteiger partial charge on any atom is 0.0187 e. The highest BCUT2D eigenvalue weighted by molar-refractivity contribution is 4.96. The Morgan fingerprint density at radius 3 is 2.20 bits per heavy atom. The molecule has 1 saturated carbocycles. The molecule has 1 aliphatic carbocycles. The van der Waals surface area contributed by atoms with Gasteiger partial charge in [0.25, 0.3) is 0 Å². The summed E-state index contributed by atoms with van der Waals surface area (Å²) in [6.07, 6.45) is 11.5. The first-order valence-corrected chi connectivity index (χ1v) is 9.06. The summed E-state index contributed by atoms with van der Waals surface area (Å²) in [6, 6.07) is 0. The number of hydrogen-bond donors (Lipinski definition) is 1. The molecule has 20 heavy (non-hydrogen) atoms. The topological polar surface area (TPSA) is 12.0 Å². The van der Waals surface area contributed by atoms with Crippen LogP contribution in [0.1, 0.15) is 86.0 Å². The molecule has 118 valence electrons. The van der Waals surface area contributed by atoms with Crippen LogP contribution in [0.4, 0.5) is 0 Å². The van der Waals surface area contributed by atoms with E-state index in [-0.39, 0.29) is 0 Å². The van der Waals surface area contributed by atoms with E-state index in [0.717, 1.165) is 17.8 Å². The first kappa shape index (κ1) is 16.3. The Hall–Kier alpha value is -0.0400. The normalized spacial score (nSPS) is 35.7. The number of nitrogens with one attached hydrogen (secondary N) is 1. The molecule has 1 heterocycles. The molecule has 0 spiro atoms. The van der Waals surface area contributed by atoms with Gasteiger partial charge in [0, 0.05) is 5.54 Å². The summed E-state index contributed by atoms with van der Waals surface area (Å²) in [4.78, 5) is 0. The Morgan fingerprint density at radius 2 is 1.75 bits per heavy atom. The van der Waals surface area contributed by atoms with E-state index in [4.69, 9.17) is 0 Å². The van der Waals surface area contributed by atoms with E-state index in [1.165, 1.54) is 57.9 Å². The van der Waals surface area contributed by atoms with Crippen molar-refractivity contribution in [1.82, 2.24) is 5.32 Å². The average Bonchev–Trinajstić information content (AvgIpc) is 2.76. The molecular formula is C19H37N. The van der Waals surface area contributed by atoms with Crippen LogP contribution in [0.2, 0.25) is 0 Å². The Kier molecular flexibility index (Phi) is 5.21. The second-order valence-corrected chi connectivity index (χ2v) is 9.20. The molecule has 0 aromatic heterocycles. The van der Waals surface area contributed by atoms with Crippen molar-refractivity contribution in [3.63, 3.8) is 0 Å². The van der Waals surface area contributed by atoms with Gasteiger partial charge in [-0.25, -0.2) is 0 Å². The lowest BCUT2D eigenvalue weighted by atomic mass is 9.67. The zero-order valence-electron chi connectivity index (χ0n) is 14.6. The highest BCUT2D eigenvalue weighted by Gasteiger charge is 2.38. The van der Waals surface area contributed by atoms with Gasteiger partial charge in [0.05, 0.1) is 0 Å². The van der Waals surface area contributed by atoms with Crippen LogP contribution in [0.15, 0.2) is 0 Å². The smallest absolute Gasteiger partial charge is 0.0187 e. The van der Waals surface area contributed by atoms with Crippen molar-refractivity contribution in [2.75, 3.05) is 6.54 Å². The molecule has 1 unspecified atom stereocenters. The summed E-state index contributed by atoms with van der Waals surface area (Å²) < 4.78 is 0. The Labute approximate surface area is 127 Å². The van der Waals surface area contributed by atoms with Crippen LogP contribution < -0.4 is 5.32 Å². The molecule has 2 fully saturated rings. The predicted octanol–water partition coefficient (Wildman–Crippen LogP) is 5.40. The highest BCUT2D eigenvalue weighted by Crippen LogP contribution is 2.43. The van der Waals surface area contributed by atoms with Crippen LogP contribution in [-0.4, -0.2) is 12.1 Å². The lowest BCUT2D eigenvalue weighted by molar-refractivity contribution is 0.125. The van der Waals surface area contributed by atoms with Crippen molar-refractivity contribution < 1.29 is 0 Å². The van der Waals surface area contributed by atoms with Crippen molar-refractivity contribution in [2.45, 2.75) is 91.5 Å². The molecule has 2 rings (SSSR count). The first-order valence-electron chi connectivity index (χ1n) is 9.06. The molecule has 0 bridgehead atoms. The third-order valence-corrected chi connectivity index (χ3v) is 5.88. The Morgan fingerprint density at radius 1 is 1.10 bits per heavy atom. The maximum absolute atomic E-state index is 3.89. The van der Waals surface area contributed by atoms with Crippen molar-refractivity contribution in [1.29, 1.82) is 0 Å². The second-order valence-electron chi connectivity index (χ2n) is 9.20. The van der Waals surface area contributed by atoms with Crippen LogP contribution in [-0.2, 0) is 0 Å². The molecule has 1 aliphatic heterocycles. The summed E-state index contributed by atoms with van der Waals surface area (Å²) in [5, 5.41) is 3.89. The van der Waals surface area contributed by atoms with Crippen LogP contribution >= 0.6 is 0 Å². The lowest BCUT2D eigenvalue weighted by Gasteiger charge is -2.41. The monoisotopic (exact) mass is 279 g/mol. The van der Waals surface area contributed by atoms with E-state index in [1.54, 1.807) is 0 Å². The van der Waals surface area contributed by atoms with E-state index < -0.39 is 0 Å². The fraction of sp³-hybridized carbons (Fsp3) is 1.00. The molecular weight excluding hydrogens is 242 g/mol. The summed E-state index contributed by atoms with van der Waals surface area (Å²) in [5.74, 6) is 2.76. The third kappa shape index (κ3) is 4.23. The van der Waals surface area contributed by atoms with Crippen molar-refractivity contribution >= 4 is 0 Å². The maximum atomic E-state index is 3.89. The first-order chi connectivity index (χ1) is 9.31. The van der Waals surface area contributed by atoms with E-state index in [9.17, 15) is 0 Å². The van der Waals surface area contributed by atoms with Gasteiger partial charge in [-0.05, 0) is 68.2 Å². The van der Waals surface area contributed by atoms with Crippen molar-refractivity contribution in [2.24, 2.45) is 23.2 Å². The quantitative estimate of drug-likeness (QED) is 0.727. The predicted molar refractivity (Wildman–Crippen MR) is 88.9 cm³/mol. The molecule has 1 atom stereocenters. The van der Waals surface area contributed by atoms with Crippen LogP contribution in [0.3, 0.4) is 0 Å². The second kappa shape index (κ2) is 6.38. The standard InChI is InChI=1S/C19H37N/c1-15(2)13-19(11-6-12-20-19)14-16-7-9-17(10-8-16)18(3,4)5/h15-17,20H,6-14H2,1-5H3. The number of hydrogen-bond acceptors (Lipinski definition) is 1. The summed E-state index contributed by atoms with van der Waals surface area (Å²) in [5.41, 5.74) is 1.01. The van der Waals surface area contributed by atoms with E-state index in [1.807, 2.05) is 0 Å². The van der Waals surface area contributed by atoms with Crippen molar-refractivity contribution in [3.8, 4) is 0 Å². The van der Waals surface area contributed by atoms with Crippen LogP contribution in [0.5, 0.6) is 0 Å². The molecule has 0 aromatic rings. The van der Waals surface area contributed by atoms with Gasteiger partial charge in [0.1, 0.15) is 0 Å². The Balaban J connectivity index is 1.87. The largest absolute Gasteiger partial charge is 0.311 e. The van der Waals surface area contributed by atoms with E-state index >= 15 is 0 Å². The fourth-order valence-electron chi connectivity index (χ4n) is 4.87. The molecule has 0 radical (unpaired) electrons. The molecule has 1 nitrogen and oxygen atoms in total. The van der Waals surface area contributed by atoms with E-state index in [2.05, 4.69) is 39.9 Å². The zero-order chi connectivity index (χ0) is 14.8. The van der Waals surface area contributed by atoms with Gasteiger partial charge in [-0.15, -0.1) is 0 Å². The van der Waals surface area contributed by atoms with Gasteiger partial charge >= 0.3 is 0 Å². The Bertz CT molecular complexity index is 285. The minimum absolute atomic E-state index is 0.493. The molecule has 1 N–H and O–H groups in total. The number of rotatable bonds is 4. The third-order valence-electron chi connectivity index (χ3n) is 5.88. The molecule has 1 heteroatoms. The van der Waals surface area contributed by atoms with E-state index in [0.29, 0.717) is 11.0 Å². The summed E-state index contributed by atoms with van der Waals surface area (Å²) in [7, 11) is 0. The van der Waals surface area contributed by atoms with Gasteiger partial charge in [0.2, 0.25) is 0 Å². The van der Waals surface area contributed by atoms with Gasteiger partial charge in [-0.3, -0.25) is 0 Å². The van der Waals surface area contributed by atoms with Crippen molar-refractivity contribution in [3.05, 3.63) is 0 Å². The molecule has 0 aromatic carbocycles. The fourth-order valence-corrected chi connectivity index (χ4v) is 4.87. The SMILES string of the molecule is CC(C)CC1(CC2CCC(C(C)(C)C)CC2)CCCN1. The minimum Gasteiger partial charge on any atom is -0.311 e. The molecule has 1 saturated heterocycles. The summed E-state index contributed by atoms with van der Waals surface area (Å²) >= 11 is 0. The molecule has 0 amide bonds. The van der Waals surface area contributed by atoms with Gasteiger partial charge in [-0.1, -0.05) is 47.5 Å².